The first-order valence-electron chi connectivity index (χ1n) is 6.77. The Balaban J connectivity index is 1.88. The number of aromatic nitrogens is 1. The summed E-state index contributed by atoms with van der Waals surface area (Å²) in [5.41, 5.74) is 0.314. The topological polar surface area (TPSA) is 74.7 Å². The van der Waals surface area contributed by atoms with Crippen molar-refractivity contribution in [2.24, 2.45) is 5.10 Å². The third-order valence-corrected chi connectivity index (χ3v) is 3.53. The van der Waals surface area contributed by atoms with Gasteiger partial charge in [0.05, 0.1) is 6.21 Å². The maximum Gasteiger partial charge on any atom is 0.346 e. The fourth-order valence-corrected chi connectivity index (χ4v) is 2.27. The molecule has 2 heterocycles. The fourth-order valence-electron chi connectivity index (χ4n) is 2.27. The van der Waals surface area contributed by atoms with Gasteiger partial charge in [-0.05, 0) is 18.6 Å². The predicted molar refractivity (Wildman–Crippen MR) is 81.0 cm³/mol. The Labute approximate surface area is 127 Å². The third-order valence-electron chi connectivity index (χ3n) is 3.53. The molecule has 0 saturated carbocycles. The van der Waals surface area contributed by atoms with Gasteiger partial charge >= 0.3 is 6.03 Å². The van der Waals surface area contributed by atoms with Crippen LogP contribution < -0.4 is 5.32 Å². The summed E-state index contributed by atoms with van der Waals surface area (Å²) in [6.07, 6.45) is 4.66. The molecule has 1 aliphatic rings. The first-order chi connectivity index (χ1) is 10.6. The highest BCUT2D eigenvalue weighted by Gasteiger charge is 2.49. The molecule has 2 aromatic rings. The lowest BCUT2D eigenvalue weighted by atomic mass is 9.92. The van der Waals surface area contributed by atoms with E-state index in [9.17, 15) is 9.59 Å². The number of carbonyl (C=O) groups is 2. The molecule has 3 rings (SSSR count). The van der Waals surface area contributed by atoms with Crippen molar-refractivity contribution >= 4 is 18.2 Å². The van der Waals surface area contributed by atoms with Crippen LogP contribution in [-0.4, -0.2) is 28.1 Å². The zero-order valence-corrected chi connectivity index (χ0v) is 11.9. The van der Waals surface area contributed by atoms with E-state index in [0.29, 0.717) is 11.1 Å². The van der Waals surface area contributed by atoms with Crippen molar-refractivity contribution in [3.63, 3.8) is 0 Å². The summed E-state index contributed by atoms with van der Waals surface area (Å²) in [7, 11) is 0. The smallest absolute Gasteiger partial charge is 0.318 e. The molecule has 0 radical (unpaired) electrons. The second-order valence-electron chi connectivity index (χ2n) is 5.07. The molecule has 1 aromatic heterocycles. The average molecular weight is 294 g/mol. The zero-order chi connectivity index (χ0) is 15.6. The van der Waals surface area contributed by atoms with Crippen LogP contribution in [0.5, 0.6) is 0 Å². The number of nitrogens with zero attached hydrogens (tertiary/aromatic N) is 3. The normalized spacial score (nSPS) is 21.4. The number of benzene rings is 1. The van der Waals surface area contributed by atoms with Crippen molar-refractivity contribution in [1.29, 1.82) is 0 Å². The zero-order valence-electron chi connectivity index (χ0n) is 11.9. The van der Waals surface area contributed by atoms with Gasteiger partial charge in [-0.15, -0.1) is 5.01 Å². The molecule has 1 fully saturated rings. The SMILES string of the molecule is C[C@]1(c2ccccc2)NC(=O)N(/N=C\c2cccnc2)C1=O. The lowest BCUT2D eigenvalue weighted by molar-refractivity contribution is -0.131. The summed E-state index contributed by atoms with van der Waals surface area (Å²) in [5, 5.41) is 7.52. The van der Waals surface area contributed by atoms with Gasteiger partial charge in [0.1, 0.15) is 5.54 Å². The van der Waals surface area contributed by atoms with E-state index in [4.69, 9.17) is 0 Å². The Morgan fingerprint density at radius 2 is 1.95 bits per heavy atom. The van der Waals surface area contributed by atoms with E-state index in [1.165, 1.54) is 6.21 Å². The average Bonchev–Trinajstić information content (AvgIpc) is 2.78. The van der Waals surface area contributed by atoms with Gasteiger partial charge in [-0.2, -0.15) is 5.10 Å². The molecule has 22 heavy (non-hydrogen) atoms. The Kier molecular flexibility index (Phi) is 3.42. The fraction of sp³-hybridized carbons (Fsp3) is 0.125. The Morgan fingerprint density at radius 3 is 2.64 bits per heavy atom. The van der Waals surface area contributed by atoms with Gasteiger partial charge in [-0.25, -0.2) is 4.79 Å². The number of amides is 3. The maximum atomic E-state index is 12.6. The van der Waals surface area contributed by atoms with E-state index in [1.807, 2.05) is 18.2 Å². The van der Waals surface area contributed by atoms with Crippen LogP contribution >= 0.6 is 0 Å². The summed E-state index contributed by atoms with van der Waals surface area (Å²) in [6.45, 7) is 1.67. The Hall–Kier alpha value is -3.02. The summed E-state index contributed by atoms with van der Waals surface area (Å²) in [4.78, 5) is 28.6. The van der Waals surface area contributed by atoms with Crippen LogP contribution in [0.4, 0.5) is 4.79 Å². The van der Waals surface area contributed by atoms with Crippen LogP contribution in [-0.2, 0) is 10.3 Å². The highest BCUT2D eigenvalue weighted by molar-refractivity contribution is 6.07. The molecule has 1 aromatic carbocycles. The number of imide groups is 1. The van der Waals surface area contributed by atoms with Crippen LogP contribution in [0.1, 0.15) is 18.1 Å². The molecule has 0 unspecified atom stereocenters. The maximum absolute atomic E-state index is 12.6. The molecular weight excluding hydrogens is 280 g/mol. The number of nitrogens with one attached hydrogen (secondary N) is 1. The van der Waals surface area contributed by atoms with E-state index in [2.05, 4.69) is 15.4 Å². The number of hydrogen-bond acceptors (Lipinski definition) is 4. The van der Waals surface area contributed by atoms with Gasteiger partial charge in [0.25, 0.3) is 5.91 Å². The van der Waals surface area contributed by atoms with Crippen molar-refractivity contribution in [3.05, 3.63) is 66.0 Å². The van der Waals surface area contributed by atoms with Gasteiger partial charge < -0.3 is 5.32 Å². The number of carbonyl (C=O) groups excluding carboxylic acids is 2. The number of hydrazone groups is 1. The molecule has 6 nitrogen and oxygen atoms in total. The second kappa shape index (κ2) is 5.40. The highest BCUT2D eigenvalue weighted by atomic mass is 16.2. The highest BCUT2D eigenvalue weighted by Crippen LogP contribution is 2.28. The molecule has 3 amide bonds. The van der Waals surface area contributed by atoms with Crippen molar-refractivity contribution in [1.82, 2.24) is 15.3 Å². The van der Waals surface area contributed by atoms with Crippen molar-refractivity contribution in [3.8, 4) is 0 Å². The summed E-state index contributed by atoms with van der Waals surface area (Å²) in [6, 6.07) is 12.1. The van der Waals surface area contributed by atoms with E-state index in [-0.39, 0.29) is 0 Å². The predicted octanol–water partition coefficient (Wildman–Crippen LogP) is 1.88. The third kappa shape index (κ3) is 2.35. The molecule has 0 aliphatic carbocycles. The molecule has 110 valence electrons. The summed E-state index contributed by atoms with van der Waals surface area (Å²) in [5.74, 6) is -0.413. The van der Waals surface area contributed by atoms with E-state index in [1.54, 1.807) is 43.6 Å². The minimum Gasteiger partial charge on any atom is -0.318 e. The van der Waals surface area contributed by atoms with Crippen LogP contribution in [0, 0.1) is 0 Å². The number of pyridine rings is 1. The first-order valence-corrected chi connectivity index (χ1v) is 6.77. The monoisotopic (exact) mass is 294 g/mol. The van der Waals surface area contributed by atoms with Gasteiger partial charge in [0, 0.05) is 18.0 Å². The molecule has 1 atom stereocenters. The molecule has 6 heteroatoms. The molecule has 1 aliphatic heterocycles. The van der Waals surface area contributed by atoms with E-state index < -0.39 is 17.5 Å². The molecular formula is C16H14N4O2. The summed E-state index contributed by atoms with van der Waals surface area (Å²) >= 11 is 0. The standard InChI is InChI=1S/C16H14N4O2/c1-16(13-7-3-2-4-8-13)14(21)20(15(22)19-16)18-11-12-6-5-9-17-10-12/h2-11H,1H3,(H,19,22)/b18-11-/t16-/m1/s1. The number of hydrogen-bond donors (Lipinski definition) is 1. The summed E-state index contributed by atoms with van der Waals surface area (Å²) < 4.78 is 0. The van der Waals surface area contributed by atoms with Gasteiger partial charge in [-0.1, -0.05) is 36.4 Å². The van der Waals surface area contributed by atoms with Gasteiger partial charge in [-0.3, -0.25) is 9.78 Å². The van der Waals surface area contributed by atoms with Crippen LogP contribution in [0.15, 0.2) is 60.0 Å². The lowest BCUT2D eigenvalue weighted by Gasteiger charge is -2.20. The van der Waals surface area contributed by atoms with E-state index >= 15 is 0 Å². The number of rotatable bonds is 3. The lowest BCUT2D eigenvalue weighted by Crippen LogP contribution is -2.40. The number of urea groups is 1. The van der Waals surface area contributed by atoms with Crippen molar-refractivity contribution in [2.45, 2.75) is 12.5 Å². The minimum absolute atomic E-state index is 0.413. The minimum atomic E-state index is -1.11. The largest absolute Gasteiger partial charge is 0.346 e. The quantitative estimate of drug-likeness (QED) is 0.694. The first kappa shape index (κ1) is 13.9. The van der Waals surface area contributed by atoms with Crippen molar-refractivity contribution in [2.75, 3.05) is 0 Å². The Bertz CT molecular complexity index is 730. The van der Waals surface area contributed by atoms with Gasteiger partial charge in [0.2, 0.25) is 0 Å². The molecule has 1 N–H and O–H groups in total. The molecule has 0 bridgehead atoms. The van der Waals surface area contributed by atoms with Crippen LogP contribution in [0.2, 0.25) is 0 Å². The molecule has 1 saturated heterocycles. The van der Waals surface area contributed by atoms with Gasteiger partial charge in [0.15, 0.2) is 0 Å². The second-order valence-corrected chi connectivity index (χ2v) is 5.07. The Morgan fingerprint density at radius 1 is 1.18 bits per heavy atom. The van der Waals surface area contributed by atoms with E-state index in [0.717, 1.165) is 5.01 Å². The van der Waals surface area contributed by atoms with Crippen molar-refractivity contribution < 1.29 is 9.59 Å². The molecule has 0 spiro atoms. The van der Waals surface area contributed by atoms with Crippen LogP contribution in [0.25, 0.3) is 0 Å². The van der Waals surface area contributed by atoms with Crippen LogP contribution in [0.3, 0.4) is 0 Å².